The lowest BCUT2D eigenvalue weighted by atomic mass is 9.92. The molecule has 1 saturated heterocycles. The number of piperidine rings is 1. The maximum Gasteiger partial charge on any atom is 0.276 e. The molecule has 1 amide bonds. The van der Waals surface area contributed by atoms with Crippen molar-refractivity contribution in [3.63, 3.8) is 0 Å². The lowest BCUT2D eigenvalue weighted by Gasteiger charge is -2.32. The van der Waals surface area contributed by atoms with E-state index in [9.17, 15) is 9.90 Å². The predicted molar refractivity (Wildman–Crippen MR) is 81.8 cm³/mol. The van der Waals surface area contributed by atoms with E-state index in [2.05, 4.69) is 15.1 Å². The van der Waals surface area contributed by atoms with Gasteiger partial charge in [0.2, 0.25) is 0 Å². The largest absolute Gasteiger partial charge is 0.392 e. The van der Waals surface area contributed by atoms with Gasteiger partial charge in [-0.1, -0.05) is 5.16 Å². The molecule has 0 saturated carbocycles. The highest BCUT2D eigenvalue weighted by Gasteiger charge is 2.29. The van der Waals surface area contributed by atoms with Crippen molar-refractivity contribution in [2.45, 2.75) is 39.2 Å². The molecule has 1 aliphatic rings. The van der Waals surface area contributed by atoms with Crippen molar-refractivity contribution in [1.29, 1.82) is 0 Å². The Morgan fingerprint density at radius 3 is 3.00 bits per heavy atom. The Morgan fingerprint density at radius 2 is 2.30 bits per heavy atom. The highest BCUT2D eigenvalue weighted by Crippen LogP contribution is 2.28. The summed E-state index contributed by atoms with van der Waals surface area (Å²) in [5.74, 6) is 1.27. The molecule has 1 N–H and O–H groups in total. The van der Waals surface area contributed by atoms with Crippen molar-refractivity contribution in [2.75, 3.05) is 13.1 Å². The van der Waals surface area contributed by atoms with Crippen molar-refractivity contribution < 1.29 is 14.4 Å². The van der Waals surface area contributed by atoms with Gasteiger partial charge < -0.3 is 14.5 Å². The van der Waals surface area contributed by atoms with Crippen molar-refractivity contribution in [3.05, 3.63) is 40.8 Å². The van der Waals surface area contributed by atoms with Gasteiger partial charge in [0.05, 0.1) is 12.3 Å². The maximum atomic E-state index is 12.5. The van der Waals surface area contributed by atoms with E-state index in [1.165, 1.54) is 0 Å². The molecule has 0 aromatic carbocycles. The third kappa shape index (κ3) is 3.24. The fourth-order valence-electron chi connectivity index (χ4n) is 3.00. The minimum atomic E-state index is -0.122. The van der Waals surface area contributed by atoms with Gasteiger partial charge in [0.15, 0.2) is 5.69 Å². The average molecular weight is 316 g/mol. The molecule has 23 heavy (non-hydrogen) atoms. The Morgan fingerprint density at radius 1 is 1.48 bits per heavy atom. The first-order valence-corrected chi connectivity index (χ1v) is 7.74. The molecule has 3 heterocycles. The number of likely N-dealkylation sites (tertiary alicyclic amines) is 1. The number of amides is 1. The smallest absolute Gasteiger partial charge is 0.276 e. The van der Waals surface area contributed by atoms with Crippen LogP contribution in [0.5, 0.6) is 0 Å². The van der Waals surface area contributed by atoms with Gasteiger partial charge in [0.1, 0.15) is 11.6 Å². The van der Waals surface area contributed by atoms with E-state index in [0.29, 0.717) is 30.4 Å². The summed E-state index contributed by atoms with van der Waals surface area (Å²) in [6, 6.07) is 1.65. The molecule has 1 aliphatic heterocycles. The summed E-state index contributed by atoms with van der Waals surface area (Å²) in [4.78, 5) is 22.9. The van der Waals surface area contributed by atoms with Crippen LogP contribution in [0.15, 0.2) is 16.8 Å². The molecule has 0 aliphatic carbocycles. The number of aliphatic hydroxyl groups excluding tert-OH is 1. The minimum Gasteiger partial charge on any atom is -0.392 e. The molecule has 1 fully saturated rings. The Balaban J connectivity index is 1.81. The number of hydrogen-bond donors (Lipinski definition) is 1. The fourth-order valence-corrected chi connectivity index (χ4v) is 3.00. The second-order valence-electron chi connectivity index (χ2n) is 5.90. The summed E-state index contributed by atoms with van der Waals surface area (Å²) >= 11 is 0. The molecule has 0 bridgehead atoms. The maximum absolute atomic E-state index is 12.5. The molecule has 7 heteroatoms. The number of aromatic nitrogens is 3. The highest BCUT2D eigenvalue weighted by atomic mass is 16.5. The third-order valence-electron chi connectivity index (χ3n) is 4.13. The zero-order chi connectivity index (χ0) is 16.4. The SMILES string of the molecule is Cc1ncc(CO)c(C2CCCN(C(=O)c3cc(C)on3)C2)n1. The van der Waals surface area contributed by atoms with Crippen LogP contribution in [0.25, 0.3) is 0 Å². The van der Waals surface area contributed by atoms with Gasteiger partial charge in [0, 0.05) is 36.8 Å². The summed E-state index contributed by atoms with van der Waals surface area (Å²) in [7, 11) is 0. The number of aliphatic hydroxyl groups is 1. The normalized spacial score (nSPS) is 18.2. The lowest BCUT2D eigenvalue weighted by molar-refractivity contribution is 0.0694. The second kappa shape index (κ2) is 6.45. The number of nitrogens with zero attached hydrogens (tertiary/aromatic N) is 4. The zero-order valence-corrected chi connectivity index (χ0v) is 13.3. The summed E-state index contributed by atoms with van der Waals surface area (Å²) in [5, 5.41) is 13.3. The van der Waals surface area contributed by atoms with E-state index in [-0.39, 0.29) is 18.4 Å². The summed E-state index contributed by atoms with van der Waals surface area (Å²) in [5.41, 5.74) is 1.91. The molecule has 7 nitrogen and oxygen atoms in total. The number of aryl methyl sites for hydroxylation is 2. The average Bonchev–Trinajstić information content (AvgIpc) is 3.00. The first-order valence-electron chi connectivity index (χ1n) is 7.74. The molecule has 122 valence electrons. The van der Waals surface area contributed by atoms with Crippen LogP contribution in [0.2, 0.25) is 0 Å². The van der Waals surface area contributed by atoms with Crippen molar-refractivity contribution in [3.8, 4) is 0 Å². The van der Waals surface area contributed by atoms with Gasteiger partial charge in [0.25, 0.3) is 5.91 Å². The topological polar surface area (TPSA) is 92.4 Å². The van der Waals surface area contributed by atoms with Crippen LogP contribution >= 0.6 is 0 Å². The molecule has 3 rings (SSSR count). The van der Waals surface area contributed by atoms with E-state index >= 15 is 0 Å². The molecule has 2 aromatic heterocycles. The van der Waals surface area contributed by atoms with Crippen LogP contribution in [0.3, 0.4) is 0 Å². The molecule has 2 aromatic rings. The lowest BCUT2D eigenvalue weighted by Crippen LogP contribution is -2.39. The molecule has 0 radical (unpaired) electrons. The summed E-state index contributed by atoms with van der Waals surface area (Å²) in [6.07, 6.45) is 3.49. The quantitative estimate of drug-likeness (QED) is 0.924. The molecular weight excluding hydrogens is 296 g/mol. The van der Waals surface area contributed by atoms with Gasteiger partial charge in [-0.3, -0.25) is 4.79 Å². The fraction of sp³-hybridized carbons (Fsp3) is 0.500. The first-order chi connectivity index (χ1) is 11.1. The Kier molecular flexibility index (Phi) is 4.38. The van der Waals surface area contributed by atoms with Crippen LogP contribution < -0.4 is 0 Å². The Bertz CT molecular complexity index is 713. The van der Waals surface area contributed by atoms with Crippen molar-refractivity contribution >= 4 is 5.91 Å². The van der Waals surface area contributed by atoms with Crippen LogP contribution in [-0.4, -0.2) is 44.1 Å². The zero-order valence-electron chi connectivity index (χ0n) is 13.3. The molecular formula is C16H20N4O3. The van der Waals surface area contributed by atoms with Gasteiger partial charge >= 0.3 is 0 Å². The van der Waals surface area contributed by atoms with Gasteiger partial charge in [-0.15, -0.1) is 0 Å². The number of rotatable bonds is 3. The Labute approximate surface area is 134 Å². The van der Waals surface area contributed by atoms with E-state index in [1.807, 2.05) is 6.92 Å². The van der Waals surface area contributed by atoms with E-state index in [4.69, 9.17) is 4.52 Å². The second-order valence-corrected chi connectivity index (χ2v) is 5.90. The minimum absolute atomic E-state index is 0.0947. The monoisotopic (exact) mass is 316 g/mol. The van der Waals surface area contributed by atoms with Crippen molar-refractivity contribution in [1.82, 2.24) is 20.0 Å². The van der Waals surface area contributed by atoms with Crippen LogP contribution in [-0.2, 0) is 6.61 Å². The Hall–Kier alpha value is -2.28. The van der Waals surface area contributed by atoms with E-state index in [0.717, 1.165) is 24.1 Å². The summed E-state index contributed by atoms with van der Waals surface area (Å²) < 4.78 is 4.99. The van der Waals surface area contributed by atoms with Crippen LogP contribution in [0.4, 0.5) is 0 Å². The summed E-state index contributed by atoms with van der Waals surface area (Å²) in [6.45, 7) is 4.76. The third-order valence-corrected chi connectivity index (χ3v) is 4.13. The number of carbonyl (C=O) groups excluding carboxylic acids is 1. The molecule has 0 spiro atoms. The van der Waals surface area contributed by atoms with Crippen LogP contribution in [0.1, 0.15) is 52.1 Å². The van der Waals surface area contributed by atoms with Gasteiger partial charge in [-0.05, 0) is 26.7 Å². The van der Waals surface area contributed by atoms with E-state index < -0.39 is 0 Å². The first kappa shape index (κ1) is 15.6. The van der Waals surface area contributed by atoms with E-state index in [1.54, 1.807) is 24.1 Å². The standard InChI is InChI=1S/C16H20N4O3/c1-10-6-14(19-23-10)16(22)20-5-3-4-12(8-20)15-13(9-21)7-17-11(2)18-15/h6-7,12,21H,3-5,8-9H2,1-2H3. The molecule has 1 unspecified atom stereocenters. The van der Waals surface area contributed by atoms with Crippen molar-refractivity contribution in [2.24, 2.45) is 0 Å². The van der Waals surface area contributed by atoms with Gasteiger partial charge in [-0.25, -0.2) is 9.97 Å². The number of hydrogen-bond acceptors (Lipinski definition) is 6. The van der Waals surface area contributed by atoms with Crippen LogP contribution in [0, 0.1) is 13.8 Å². The predicted octanol–water partition coefficient (Wildman–Crippen LogP) is 1.59. The highest BCUT2D eigenvalue weighted by molar-refractivity contribution is 5.92. The molecule has 1 atom stereocenters. The van der Waals surface area contributed by atoms with Gasteiger partial charge in [-0.2, -0.15) is 0 Å². The number of carbonyl (C=O) groups is 1.